The maximum absolute atomic E-state index is 14.1. The first-order valence-corrected chi connectivity index (χ1v) is 9.25. The fourth-order valence-corrected chi connectivity index (χ4v) is 2.69. The molecule has 0 radical (unpaired) electrons. The molecule has 1 aromatic carbocycles. The summed E-state index contributed by atoms with van der Waals surface area (Å²) in [5.41, 5.74) is 1.81. The number of hydrogen-bond acceptors (Lipinski definition) is 3. The molecule has 0 aliphatic heterocycles. The number of benzene rings is 1. The van der Waals surface area contributed by atoms with Crippen molar-refractivity contribution in [3.8, 4) is 11.3 Å². The predicted molar refractivity (Wildman–Crippen MR) is 107 cm³/mol. The molecule has 1 atom stereocenters. The van der Waals surface area contributed by atoms with Crippen LogP contribution in [0.1, 0.15) is 42.7 Å². The summed E-state index contributed by atoms with van der Waals surface area (Å²) < 4.78 is 39.3. The smallest absolute Gasteiger partial charge is 0.212 e. The minimum absolute atomic E-state index is 0.0576. The lowest BCUT2D eigenvalue weighted by molar-refractivity contribution is 0.0954. The highest BCUT2D eigenvalue weighted by molar-refractivity contribution is 5.95. The molecule has 0 fully saturated rings. The summed E-state index contributed by atoms with van der Waals surface area (Å²) in [7, 11) is 0. The van der Waals surface area contributed by atoms with Crippen molar-refractivity contribution >= 4 is 5.78 Å². The number of carbonyl (C=O) groups is 1. The molecule has 0 aliphatic rings. The molecular weight excluding hydrogens is 377 g/mol. The maximum atomic E-state index is 14.1. The van der Waals surface area contributed by atoms with Crippen molar-refractivity contribution in [2.24, 2.45) is 5.92 Å². The van der Waals surface area contributed by atoms with Crippen LogP contribution in [0.3, 0.4) is 0 Å². The number of alkyl halides is 1. The van der Waals surface area contributed by atoms with Crippen LogP contribution in [0.25, 0.3) is 11.3 Å². The second-order valence-electron chi connectivity index (χ2n) is 6.87. The molecule has 0 spiro atoms. The van der Waals surface area contributed by atoms with E-state index >= 15 is 0 Å². The molecule has 1 unspecified atom stereocenters. The third-order valence-electron chi connectivity index (χ3n) is 4.57. The first-order valence-electron chi connectivity index (χ1n) is 9.25. The van der Waals surface area contributed by atoms with Gasteiger partial charge in [-0.3, -0.25) is 14.8 Å². The van der Waals surface area contributed by atoms with Crippen LogP contribution in [0.15, 0.2) is 60.9 Å². The largest absolute Gasteiger partial charge is 0.289 e. The molecule has 3 nitrogen and oxygen atoms in total. The molecule has 152 valence electrons. The highest BCUT2D eigenvalue weighted by Crippen LogP contribution is 2.34. The number of ketones is 1. The van der Waals surface area contributed by atoms with E-state index in [9.17, 15) is 18.0 Å². The van der Waals surface area contributed by atoms with Gasteiger partial charge in [0.2, 0.25) is 5.78 Å². The Bertz CT molecular complexity index is 932. The Morgan fingerprint density at radius 3 is 2.14 bits per heavy atom. The van der Waals surface area contributed by atoms with Gasteiger partial charge in [0.15, 0.2) is 6.67 Å². The van der Waals surface area contributed by atoms with Gasteiger partial charge < -0.3 is 0 Å². The third-order valence-corrected chi connectivity index (χ3v) is 4.57. The molecule has 2 aromatic heterocycles. The molecule has 3 aromatic rings. The van der Waals surface area contributed by atoms with Crippen LogP contribution in [0.4, 0.5) is 13.2 Å². The van der Waals surface area contributed by atoms with E-state index in [2.05, 4.69) is 9.97 Å². The number of rotatable bonds is 5. The zero-order valence-electron chi connectivity index (χ0n) is 16.6. The van der Waals surface area contributed by atoms with Gasteiger partial charge in [0.25, 0.3) is 0 Å². The minimum Gasteiger partial charge on any atom is -0.289 e. The van der Waals surface area contributed by atoms with Crippen molar-refractivity contribution in [2.75, 3.05) is 6.67 Å². The van der Waals surface area contributed by atoms with Gasteiger partial charge in [-0.05, 0) is 47.7 Å². The van der Waals surface area contributed by atoms with Crippen molar-refractivity contribution in [2.45, 2.75) is 26.7 Å². The number of halogens is 3. The zero-order chi connectivity index (χ0) is 21.4. The van der Waals surface area contributed by atoms with E-state index in [0.29, 0.717) is 22.7 Å². The van der Waals surface area contributed by atoms with Crippen molar-refractivity contribution in [1.82, 2.24) is 9.97 Å². The Kier molecular flexibility index (Phi) is 8.07. The SMILES string of the molecule is CC(C)C(C)c1cc(F)cc(F)c1-c1ccccn1.O=C(CF)c1ccccn1. The van der Waals surface area contributed by atoms with Gasteiger partial charge in [0.1, 0.15) is 17.3 Å². The summed E-state index contributed by atoms with van der Waals surface area (Å²) in [6.45, 7) is 5.08. The second kappa shape index (κ2) is 10.5. The Morgan fingerprint density at radius 1 is 0.966 bits per heavy atom. The van der Waals surface area contributed by atoms with Gasteiger partial charge in [0, 0.05) is 24.0 Å². The predicted octanol–water partition coefficient (Wildman–Crippen LogP) is 6.02. The van der Waals surface area contributed by atoms with Gasteiger partial charge in [-0.1, -0.05) is 32.9 Å². The number of aromatic nitrogens is 2. The van der Waals surface area contributed by atoms with Gasteiger partial charge in [0.05, 0.1) is 5.69 Å². The fraction of sp³-hybridized carbons (Fsp3) is 0.261. The molecule has 0 saturated heterocycles. The fourth-order valence-electron chi connectivity index (χ4n) is 2.69. The summed E-state index contributed by atoms with van der Waals surface area (Å²) in [6, 6.07) is 12.5. The van der Waals surface area contributed by atoms with Crippen LogP contribution in [0.2, 0.25) is 0 Å². The van der Waals surface area contributed by atoms with Gasteiger partial charge >= 0.3 is 0 Å². The summed E-state index contributed by atoms with van der Waals surface area (Å²) >= 11 is 0. The number of nitrogens with zero attached hydrogens (tertiary/aromatic N) is 2. The molecule has 0 amide bonds. The highest BCUT2D eigenvalue weighted by atomic mass is 19.1. The van der Waals surface area contributed by atoms with Crippen LogP contribution in [-0.4, -0.2) is 22.4 Å². The second-order valence-corrected chi connectivity index (χ2v) is 6.87. The van der Waals surface area contributed by atoms with Crippen molar-refractivity contribution in [1.29, 1.82) is 0 Å². The molecule has 0 aliphatic carbocycles. The molecule has 0 saturated carbocycles. The van der Waals surface area contributed by atoms with Crippen LogP contribution in [-0.2, 0) is 0 Å². The first-order chi connectivity index (χ1) is 13.8. The standard InChI is InChI=1S/C16H17F2N.C7H6FNO/c1-10(2)11(3)13-8-12(17)9-14(18)16(13)15-6-4-5-7-19-15;8-5-7(10)6-3-1-2-4-9-6/h4-11H,1-3H3;1-4H,5H2. The minimum atomic E-state index is -0.975. The van der Waals surface area contributed by atoms with E-state index in [1.54, 1.807) is 36.5 Å². The summed E-state index contributed by atoms with van der Waals surface area (Å²) in [4.78, 5) is 18.4. The summed E-state index contributed by atoms with van der Waals surface area (Å²) in [5.74, 6) is -1.31. The number of carbonyl (C=O) groups excluding carboxylic acids is 1. The lowest BCUT2D eigenvalue weighted by Crippen LogP contribution is -2.06. The lowest BCUT2D eigenvalue weighted by Gasteiger charge is -2.20. The lowest BCUT2D eigenvalue weighted by atomic mass is 9.86. The number of pyridine rings is 2. The summed E-state index contributed by atoms with van der Waals surface area (Å²) in [5, 5.41) is 0. The van der Waals surface area contributed by atoms with E-state index in [1.807, 2.05) is 20.8 Å². The average Bonchev–Trinajstić information content (AvgIpc) is 2.73. The van der Waals surface area contributed by atoms with Crippen LogP contribution < -0.4 is 0 Å². The zero-order valence-corrected chi connectivity index (χ0v) is 16.6. The Balaban J connectivity index is 0.000000253. The van der Waals surface area contributed by atoms with Crippen molar-refractivity contribution in [3.63, 3.8) is 0 Å². The van der Waals surface area contributed by atoms with E-state index in [-0.39, 0.29) is 11.6 Å². The van der Waals surface area contributed by atoms with E-state index in [0.717, 1.165) is 6.07 Å². The molecule has 3 rings (SSSR count). The Morgan fingerprint density at radius 2 is 1.62 bits per heavy atom. The van der Waals surface area contributed by atoms with Crippen molar-refractivity contribution < 1.29 is 18.0 Å². The topological polar surface area (TPSA) is 42.9 Å². The van der Waals surface area contributed by atoms with Gasteiger partial charge in [-0.25, -0.2) is 13.2 Å². The van der Waals surface area contributed by atoms with Crippen LogP contribution in [0, 0.1) is 17.6 Å². The van der Waals surface area contributed by atoms with E-state index < -0.39 is 24.1 Å². The maximum Gasteiger partial charge on any atom is 0.212 e. The number of Topliss-reactive ketones (excluding diaryl/α,β-unsaturated/α-hetero) is 1. The molecule has 2 heterocycles. The Labute approximate surface area is 168 Å². The monoisotopic (exact) mass is 400 g/mol. The quantitative estimate of drug-likeness (QED) is 0.492. The van der Waals surface area contributed by atoms with E-state index in [4.69, 9.17) is 0 Å². The third kappa shape index (κ3) is 5.98. The molecular formula is C23H23F3N2O. The molecule has 0 bridgehead atoms. The van der Waals surface area contributed by atoms with Gasteiger partial charge in [-0.15, -0.1) is 0 Å². The Hall–Kier alpha value is -3.02. The molecule has 29 heavy (non-hydrogen) atoms. The van der Waals surface area contributed by atoms with Crippen molar-refractivity contribution in [3.05, 3.63) is 83.8 Å². The first kappa shape index (κ1) is 22.3. The number of hydrogen-bond donors (Lipinski definition) is 0. The molecule has 0 N–H and O–H groups in total. The van der Waals surface area contributed by atoms with E-state index in [1.165, 1.54) is 18.3 Å². The highest BCUT2D eigenvalue weighted by Gasteiger charge is 2.20. The summed E-state index contributed by atoms with van der Waals surface area (Å²) in [6.07, 6.45) is 3.07. The normalized spacial score (nSPS) is 11.6. The molecule has 6 heteroatoms. The van der Waals surface area contributed by atoms with Gasteiger partial charge in [-0.2, -0.15) is 0 Å². The van der Waals surface area contributed by atoms with Crippen LogP contribution >= 0.6 is 0 Å². The average molecular weight is 400 g/mol. The van der Waals surface area contributed by atoms with Crippen LogP contribution in [0.5, 0.6) is 0 Å².